The second-order valence-corrected chi connectivity index (χ2v) is 7.86. The first-order valence-corrected chi connectivity index (χ1v) is 10.6. The van der Waals surface area contributed by atoms with Gasteiger partial charge in [-0.2, -0.15) is 0 Å². The molecule has 0 atom stereocenters. The molecule has 0 aromatic heterocycles. The summed E-state index contributed by atoms with van der Waals surface area (Å²) in [7, 11) is 4.53. The first-order chi connectivity index (χ1) is 11.1. The van der Waals surface area contributed by atoms with Crippen LogP contribution in [0.3, 0.4) is 0 Å². The van der Waals surface area contributed by atoms with Crippen LogP contribution in [0.2, 0.25) is 0 Å². The summed E-state index contributed by atoms with van der Waals surface area (Å²) in [4.78, 5) is 0. The molecule has 0 saturated heterocycles. The van der Waals surface area contributed by atoms with Crippen LogP contribution in [0.4, 0.5) is 0 Å². The quantitative estimate of drug-likeness (QED) is 0.248. The number of halogens is 1. The van der Waals surface area contributed by atoms with Gasteiger partial charge >= 0.3 is 0 Å². The van der Waals surface area contributed by atoms with Gasteiger partial charge < -0.3 is 21.5 Å². The smallest absolute Gasteiger partial charge is 0.0913 e. The molecular weight excluding hydrogens is 358 g/mol. The van der Waals surface area contributed by atoms with Gasteiger partial charge in [0.2, 0.25) is 0 Å². The molecule has 0 saturated carbocycles. The van der Waals surface area contributed by atoms with Crippen LogP contribution in [-0.4, -0.2) is 25.1 Å². The van der Waals surface area contributed by atoms with Gasteiger partial charge in [-0.3, -0.25) is 0 Å². The Morgan fingerprint density at radius 1 is 0.583 bits per heavy atom. The summed E-state index contributed by atoms with van der Waals surface area (Å²) < 4.78 is 1.01. The van der Waals surface area contributed by atoms with Gasteiger partial charge in [-0.1, -0.05) is 90.4 Å². The molecule has 0 heterocycles. The van der Waals surface area contributed by atoms with E-state index in [2.05, 4.69) is 40.2 Å². The van der Waals surface area contributed by atoms with Gasteiger partial charge in [0.15, 0.2) is 0 Å². The van der Waals surface area contributed by atoms with Gasteiger partial charge in [-0.15, -0.1) is 0 Å². The summed E-state index contributed by atoms with van der Waals surface area (Å²) in [5.41, 5.74) is 0. The number of unbranched alkanes of at least 4 members (excludes halogenated alkanes) is 14. The minimum Gasteiger partial charge on any atom is -1.00 e. The summed E-state index contributed by atoms with van der Waals surface area (Å²) in [6, 6.07) is 0. The molecule has 0 aliphatic carbocycles. The van der Waals surface area contributed by atoms with Crippen LogP contribution in [0.25, 0.3) is 0 Å². The highest BCUT2D eigenvalue weighted by Crippen LogP contribution is 2.13. The minimum absolute atomic E-state index is 0. The van der Waals surface area contributed by atoms with Gasteiger partial charge in [0.05, 0.1) is 26.8 Å². The molecule has 0 unspecified atom stereocenters. The molecule has 0 N–H and O–H groups in total. The van der Waals surface area contributed by atoms with Crippen molar-refractivity contribution in [2.45, 2.75) is 110 Å². The molecule has 0 radical (unpaired) electrons. The average Bonchev–Trinajstić information content (AvgIpc) is 2.54. The van der Waals surface area contributed by atoms with E-state index in [0.717, 1.165) is 4.48 Å². The van der Waals surface area contributed by atoms with E-state index in [9.17, 15) is 0 Å². The monoisotopic (exact) mass is 403 g/mol. The summed E-state index contributed by atoms with van der Waals surface area (Å²) in [5.74, 6) is 0. The number of hydrogen-bond donors (Lipinski definition) is 0. The first kappa shape index (κ1) is 26.4. The zero-order valence-corrected chi connectivity index (χ0v) is 18.9. The molecule has 0 aromatic carbocycles. The molecule has 0 aliphatic rings. The van der Waals surface area contributed by atoms with Crippen molar-refractivity contribution in [3.05, 3.63) is 12.3 Å². The van der Waals surface area contributed by atoms with Gasteiger partial charge in [0.25, 0.3) is 0 Å². The lowest BCUT2D eigenvalue weighted by atomic mass is 10.0. The number of quaternary nitrogens is 1. The van der Waals surface area contributed by atoms with Crippen molar-refractivity contribution < 1.29 is 21.5 Å². The van der Waals surface area contributed by atoms with Crippen LogP contribution in [0.15, 0.2) is 12.3 Å². The van der Waals surface area contributed by atoms with Crippen LogP contribution >= 0.6 is 0 Å². The minimum atomic E-state index is 0. The zero-order valence-electron chi connectivity index (χ0n) is 17.3. The average molecular weight is 405 g/mol. The fourth-order valence-electron chi connectivity index (χ4n) is 2.92. The Bertz CT molecular complexity index is 261. The number of rotatable bonds is 17. The summed E-state index contributed by atoms with van der Waals surface area (Å²) >= 11 is 0. The van der Waals surface area contributed by atoms with E-state index in [1.54, 1.807) is 0 Å². The van der Waals surface area contributed by atoms with E-state index in [-0.39, 0.29) is 17.0 Å². The topological polar surface area (TPSA) is 0 Å². The summed E-state index contributed by atoms with van der Waals surface area (Å²) in [5, 5.41) is 0. The van der Waals surface area contributed by atoms with Crippen molar-refractivity contribution in [1.29, 1.82) is 0 Å². The maximum atomic E-state index is 2.38. The van der Waals surface area contributed by atoms with E-state index < -0.39 is 0 Å². The third kappa shape index (κ3) is 20.2. The van der Waals surface area contributed by atoms with Gasteiger partial charge in [-0.05, 0) is 25.8 Å². The van der Waals surface area contributed by atoms with Crippen molar-refractivity contribution in [3.63, 3.8) is 0 Å². The van der Waals surface area contributed by atoms with Gasteiger partial charge in [0, 0.05) is 0 Å². The van der Waals surface area contributed by atoms with E-state index in [4.69, 9.17) is 0 Å². The lowest BCUT2D eigenvalue weighted by Crippen LogP contribution is -3.00. The maximum absolute atomic E-state index is 2.38. The maximum Gasteiger partial charge on any atom is 0.0913 e. The third-order valence-corrected chi connectivity index (χ3v) is 5.05. The van der Waals surface area contributed by atoms with E-state index in [0.29, 0.717) is 0 Å². The molecule has 2 heteroatoms. The lowest BCUT2D eigenvalue weighted by Gasteiger charge is -2.22. The Labute approximate surface area is 164 Å². The Balaban J connectivity index is 0. The lowest BCUT2D eigenvalue weighted by molar-refractivity contribution is -0.836. The molecule has 0 fully saturated rings. The van der Waals surface area contributed by atoms with Gasteiger partial charge in [-0.25, -0.2) is 0 Å². The molecule has 0 aliphatic heterocycles. The fourth-order valence-corrected chi connectivity index (χ4v) is 2.92. The van der Waals surface area contributed by atoms with Crippen molar-refractivity contribution in [2.75, 3.05) is 20.6 Å². The number of allylic oxidation sites excluding steroid dienone is 1. The normalized spacial score (nSPS) is 11.8. The number of nitrogens with zero attached hydrogens (tertiary/aromatic N) is 1. The molecule has 0 rings (SSSR count). The van der Waals surface area contributed by atoms with Crippen molar-refractivity contribution in [3.8, 4) is 0 Å². The highest BCUT2D eigenvalue weighted by Gasteiger charge is 2.04. The fraction of sp³-hybridized carbons (Fsp3) is 0.909. The van der Waals surface area contributed by atoms with Crippen LogP contribution in [0.1, 0.15) is 110 Å². The van der Waals surface area contributed by atoms with Crippen molar-refractivity contribution in [2.24, 2.45) is 0 Å². The van der Waals surface area contributed by atoms with Crippen LogP contribution in [-0.2, 0) is 0 Å². The molecule has 146 valence electrons. The predicted molar refractivity (Wildman–Crippen MR) is 107 cm³/mol. The first-order valence-electron chi connectivity index (χ1n) is 10.6. The Hall–Kier alpha value is 0.180. The molecule has 1 nitrogen and oxygen atoms in total. The summed E-state index contributed by atoms with van der Waals surface area (Å²) in [6.45, 7) is 5.72. The Kier molecular flexibility index (Phi) is 21.5. The highest BCUT2D eigenvalue weighted by atomic mass is 79.9. The zero-order chi connectivity index (χ0) is 17.2. The molecule has 0 bridgehead atoms. The Morgan fingerprint density at radius 3 is 1.33 bits per heavy atom. The largest absolute Gasteiger partial charge is 1.00 e. The van der Waals surface area contributed by atoms with Crippen molar-refractivity contribution in [1.82, 2.24) is 0 Å². The van der Waals surface area contributed by atoms with Crippen LogP contribution in [0.5, 0.6) is 0 Å². The molecular formula is C22H46BrN. The van der Waals surface area contributed by atoms with E-state index in [1.165, 1.54) is 103 Å². The van der Waals surface area contributed by atoms with E-state index >= 15 is 0 Å². The third-order valence-electron chi connectivity index (χ3n) is 5.05. The molecule has 0 amide bonds. The standard InChI is InChI=1S/C22H46N.BrH/c1-5-7-8-9-10-11-12-13-14-15-16-17-18-19-20-21-22-23(3,4)6-2;/h21-22H,5-20H2,1-4H3;1H/q+1;/p-1. The second-order valence-electron chi connectivity index (χ2n) is 7.86. The molecule has 0 spiro atoms. The van der Waals surface area contributed by atoms with Gasteiger partial charge in [0.1, 0.15) is 0 Å². The molecule has 0 aromatic rings. The highest BCUT2D eigenvalue weighted by molar-refractivity contribution is 4.73. The van der Waals surface area contributed by atoms with E-state index in [1.807, 2.05) is 0 Å². The molecule has 24 heavy (non-hydrogen) atoms. The Morgan fingerprint density at radius 2 is 0.958 bits per heavy atom. The SMILES string of the molecule is CCCCCCCCCCCCCCCCC=C[N+](C)(C)CC.[Br-]. The second kappa shape index (κ2) is 19.5. The van der Waals surface area contributed by atoms with Crippen LogP contribution < -0.4 is 17.0 Å². The number of hydrogen-bond acceptors (Lipinski definition) is 0. The summed E-state index contributed by atoms with van der Waals surface area (Å²) in [6.07, 6.45) is 26.2. The van der Waals surface area contributed by atoms with Crippen molar-refractivity contribution >= 4 is 0 Å². The predicted octanol–water partition coefficient (Wildman–Crippen LogP) is 4.47. The van der Waals surface area contributed by atoms with Crippen LogP contribution in [0, 0.1) is 0 Å².